The van der Waals surface area contributed by atoms with Gasteiger partial charge in [0.05, 0.1) is 13.2 Å². The summed E-state index contributed by atoms with van der Waals surface area (Å²) in [5, 5.41) is 2.24. The van der Waals surface area contributed by atoms with E-state index in [0.717, 1.165) is 16.5 Å². The zero-order valence-corrected chi connectivity index (χ0v) is 11.6. The Hall–Kier alpha value is -2.29. The first-order valence-electron chi connectivity index (χ1n) is 6.61. The number of rotatable bonds is 6. The summed E-state index contributed by atoms with van der Waals surface area (Å²) in [6, 6.07) is 14.0. The van der Waals surface area contributed by atoms with Crippen LogP contribution >= 0.6 is 0 Å². The first kappa shape index (κ1) is 14.1. The maximum Gasteiger partial charge on any atom is 0.333 e. The fraction of sp³-hybridized carbons (Fsp3) is 0.235. The molecule has 0 aliphatic carbocycles. The molecule has 2 aromatic rings. The average molecular weight is 270 g/mol. The Balaban J connectivity index is 1.84. The Morgan fingerprint density at radius 3 is 2.65 bits per heavy atom. The molecule has 0 aliphatic heterocycles. The van der Waals surface area contributed by atoms with Crippen molar-refractivity contribution in [2.75, 3.05) is 13.2 Å². The second-order valence-corrected chi connectivity index (χ2v) is 4.60. The number of benzene rings is 2. The third kappa shape index (κ3) is 3.60. The third-order valence-electron chi connectivity index (χ3n) is 2.88. The van der Waals surface area contributed by atoms with Crippen LogP contribution in [-0.4, -0.2) is 19.2 Å². The van der Waals surface area contributed by atoms with E-state index in [2.05, 4.69) is 18.7 Å². The lowest BCUT2D eigenvalue weighted by Crippen LogP contribution is -2.09. The average Bonchev–Trinajstić information content (AvgIpc) is 2.46. The molecular weight excluding hydrogens is 252 g/mol. The van der Waals surface area contributed by atoms with Gasteiger partial charge in [-0.15, -0.1) is 0 Å². The quantitative estimate of drug-likeness (QED) is 0.456. The Kier molecular flexibility index (Phi) is 4.77. The van der Waals surface area contributed by atoms with Crippen molar-refractivity contribution in [1.82, 2.24) is 0 Å². The van der Waals surface area contributed by atoms with Crippen LogP contribution in [0.1, 0.15) is 13.3 Å². The molecule has 20 heavy (non-hydrogen) atoms. The van der Waals surface area contributed by atoms with Crippen LogP contribution in [-0.2, 0) is 9.53 Å². The normalized spacial score (nSPS) is 10.2. The highest BCUT2D eigenvalue weighted by atomic mass is 16.5. The van der Waals surface area contributed by atoms with Crippen molar-refractivity contribution in [1.29, 1.82) is 0 Å². The van der Waals surface area contributed by atoms with Gasteiger partial charge in [-0.1, -0.05) is 43.0 Å². The fourth-order valence-electron chi connectivity index (χ4n) is 1.85. The summed E-state index contributed by atoms with van der Waals surface area (Å²) >= 11 is 0. The monoisotopic (exact) mass is 270 g/mol. The van der Waals surface area contributed by atoms with E-state index in [1.165, 1.54) is 0 Å². The number of hydrogen-bond acceptors (Lipinski definition) is 3. The molecule has 0 heterocycles. The van der Waals surface area contributed by atoms with Crippen molar-refractivity contribution in [3.8, 4) is 5.75 Å². The topological polar surface area (TPSA) is 35.5 Å². The molecule has 0 saturated carbocycles. The summed E-state index contributed by atoms with van der Waals surface area (Å²) < 4.78 is 10.8. The van der Waals surface area contributed by atoms with Crippen LogP contribution in [0.25, 0.3) is 10.8 Å². The van der Waals surface area contributed by atoms with E-state index in [-0.39, 0.29) is 5.97 Å². The second-order valence-electron chi connectivity index (χ2n) is 4.60. The van der Waals surface area contributed by atoms with Gasteiger partial charge >= 0.3 is 5.97 Å². The Morgan fingerprint density at radius 2 is 1.85 bits per heavy atom. The lowest BCUT2D eigenvalue weighted by Gasteiger charge is -2.09. The molecule has 0 aliphatic rings. The molecule has 0 aromatic heterocycles. The number of fused-ring (bicyclic) bond motifs is 1. The molecule has 2 aromatic carbocycles. The van der Waals surface area contributed by atoms with Crippen LogP contribution in [0, 0.1) is 0 Å². The standard InChI is InChI=1S/C17H18O3/c1-13(2)17(18)20-12-6-11-19-16-10-5-8-14-7-3-4-9-15(14)16/h3-5,7-10H,1,6,11-12H2,2H3. The fourth-order valence-corrected chi connectivity index (χ4v) is 1.85. The van der Waals surface area contributed by atoms with Crippen LogP contribution in [0.5, 0.6) is 5.75 Å². The molecule has 0 saturated heterocycles. The molecule has 3 heteroatoms. The summed E-state index contributed by atoms with van der Waals surface area (Å²) in [6.45, 7) is 6.02. The molecule has 0 atom stereocenters. The molecule has 0 fully saturated rings. The van der Waals surface area contributed by atoms with Gasteiger partial charge < -0.3 is 9.47 Å². The van der Waals surface area contributed by atoms with Crippen molar-refractivity contribution >= 4 is 16.7 Å². The molecule has 104 valence electrons. The number of carbonyl (C=O) groups is 1. The van der Waals surface area contributed by atoms with E-state index in [1.54, 1.807) is 6.92 Å². The van der Waals surface area contributed by atoms with Crippen LogP contribution < -0.4 is 4.74 Å². The predicted molar refractivity (Wildman–Crippen MR) is 79.8 cm³/mol. The van der Waals surface area contributed by atoms with Gasteiger partial charge in [0.25, 0.3) is 0 Å². The largest absolute Gasteiger partial charge is 0.493 e. The van der Waals surface area contributed by atoms with Gasteiger partial charge in [-0.05, 0) is 18.4 Å². The predicted octanol–water partition coefficient (Wildman–Crippen LogP) is 3.73. The molecule has 0 amide bonds. The Morgan fingerprint density at radius 1 is 1.10 bits per heavy atom. The van der Waals surface area contributed by atoms with E-state index >= 15 is 0 Å². The molecular formula is C17H18O3. The minimum absolute atomic E-state index is 0.344. The van der Waals surface area contributed by atoms with E-state index in [0.29, 0.717) is 25.2 Å². The molecule has 0 unspecified atom stereocenters. The molecule has 0 radical (unpaired) electrons. The summed E-state index contributed by atoms with van der Waals surface area (Å²) in [4.78, 5) is 11.2. The van der Waals surface area contributed by atoms with Gasteiger partial charge in [-0.2, -0.15) is 0 Å². The highest BCUT2D eigenvalue weighted by Crippen LogP contribution is 2.25. The minimum Gasteiger partial charge on any atom is -0.493 e. The van der Waals surface area contributed by atoms with Gasteiger partial charge in [0, 0.05) is 17.4 Å². The van der Waals surface area contributed by atoms with Gasteiger partial charge in [-0.25, -0.2) is 4.79 Å². The van der Waals surface area contributed by atoms with Crippen molar-refractivity contribution in [2.45, 2.75) is 13.3 Å². The second kappa shape index (κ2) is 6.75. The summed E-state index contributed by atoms with van der Waals surface area (Å²) in [5.74, 6) is 0.504. The van der Waals surface area contributed by atoms with Crippen molar-refractivity contribution < 1.29 is 14.3 Å². The zero-order valence-electron chi connectivity index (χ0n) is 11.6. The lowest BCUT2D eigenvalue weighted by atomic mass is 10.1. The van der Waals surface area contributed by atoms with Crippen molar-refractivity contribution in [3.63, 3.8) is 0 Å². The van der Waals surface area contributed by atoms with Gasteiger partial charge in [0.15, 0.2) is 0 Å². The molecule has 0 spiro atoms. The molecule has 0 N–H and O–H groups in total. The van der Waals surface area contributed by atoms with Crippen molar-refractivity contribution in [3.05, 3.63) is 54.6 Å². The molecule has 2 rings (SSSR count). The summed E-state index contributed by atoms with van der Waals surface area (Å²) in [7, 11) is 0. The van der Waals surface area contributed by atoms with Crippen LogP contribution in [0.2, 0.25) is 0 Å². The van der Waals surface area contributed by atoms with Gasteiger partial charge in [0.1, 0.15) is 5.75 Å². The zero-order chi connectivity index (χ0) is 14.4. The highest BCUT2D eigenvalue weighted by Gasteiger charge is 2.03. The van der Waals surface area contributed by atoms with E-state index in [1.807, 2.05) is 30.3 Å². The maximum atomic E-state index is 11.2. The molecule has 3 nitrogen and oxygen atoms in total. The highest BCUT2D eigenvalue weighted by molar-refractivity contribution is 5.88. The van der Waals surface area contributed by atoms with Crippen LogP contribution in [0.3, 0.4) is 0 Å². The van der Waals surface area contributed by atoms with E-state index < -0.39 is 0 Å². The summed E-state index contributed by atoms with van der Waals surface area (Å²) in [5.41, 5.74) is 0.417. The number of carbonyl (C=O) groups excluding carboxylic acids is 1. The maximum absolute atomic E-state index is 11.2. The third-order valence-corrected chi connectivity index (χ3v) is 2.88. The van der Waals surface area contributed by atoms with Gasteiger partial charge in [-0.3, -0.25) is 0 Å². The van der Waals surface area contributed by atoms with E-state index in [9.17, 15) is 4.79 Å². The van der Waals surface area contributed by atoms with Gasteiger partial charge in [0.2, 0.25) is 0 Å². The first-order chi connectivity index (χ1) is 9.68. The summed E-state index contributed by atoms with van der Waals surface area (Å²) in [6.07, 6.45) is 0.655. The first-order valence-corrected chi connectivity index (χ1v) is 6.61. The Labute approximate surface area is 118 Å². The number of esters is 1. The minimum atomic E-state index is -0.352. The number of hydrogen-bond donors (Lipinski definition) is 0. The SMILES string of the molecule is C=C(C)C(=O)OCCCOc1cccc2ccccc12. The lowest BCUT2D eigenvalue weighted by molar-refractivity contribution is -0.139. The van der Waals surface area contributed by atoms with E-state index in [4.69, 9.17) is 9.47 Å². The Bertz CT molecular complexity index is 611. The van der Waals surface area contributed by atoms with Crippen LogP contribution in [0.15, 0.2) is 54.6 Å². The van der Waals surface area contributed by atoms with Crippen LogP contribution in [0.4, 0.5) is 0 Å². The molecule has 0 bridgehead atoms. The number of ether oxygens (including phenoxy) is 2. The van der Waals surface area contributed by atoms with Crippen molar-refractivity contribution in [2.24, 2.45) is 0 Å². The smallest absolute Gasteiger partial charge is 0.333 e.